The summed E-state index contributed by atoms with van der Waals surface area (Å²) < 4.78 is 6.90. The van der Waals surface area contributed by atoms with Crippen LogP contribution in [-0.2, 0) is 6.42 Å². The smallest absolute Gasteiger partial charge is 0.196 e. The highest BCUT2D eigenvalue weighted by Gasteiger charge is 2.20. The van der Waals surface area contributed by atoms with Crippen LogP contribution in [0.25, 0.3) is 11.3 Å². The summed E-state index contributed by atoms with van der Waals surface area (Å²) in [6, 6.07) is 6.89. The number of hydrogen-bond acceptors (Lipinski definition) is 3. The van der Waals surface area contributed by atoms with E-state index >= 15 is 0 Å². The first-order chi connectivity index (χ1) is 9.24. The first-order valence-corrected chi connectivity index (χ1v) is 7.47. The summed E-state index contributed by atoms with van der Waals surface area (Å²) in [5.41, 5.74) is 2.26. The second kappa shape index (κ2) is 5.47. The molecule has 0 bridgehead atoms. The number of rotatable bonds is 5. The Balaban J connectivity index is 1.70. The first kappa shape index (κ1) is 12.9. The molecule has 0 unspecified atom stereocenters. The van der Waals surface area contributed by atoms with Crippen molar-refractivity contribution in [3.05, 3.63) is 40.3 Å². The van der Waals surface area contributed by atoms with Crippen molar-refractivity contribution in [2.24, 2.45) is 0 Å². The second-order valence-electron chi connectivity index (χ2n) is 5.03. The summed E-state index contributed by atoms with van der Waals surface area (Å²) in [7, 11) is 0. The van der Waals surface area contributed by atoms with Crippen molar-refractivity contribution in [1.82, 2.24) is 10.3 Å². The van der Waals surface area contributed by atoms with Gasteiger partial charge in [0.05, 0.1) is 6.20 Å². The van der Waals surface area contributed by atoms with Gasteiger partial charge in [0.15, 0.2) is 11.7 Å². The summed E-state index contributed by atoms with van der Waals surface area (Å²) in [6.45, 7) is 3.02. The molecule has 0 aliphatic heterocycles. The molecule has 1 aromatic carbocycles. The van der Waals surface area contributed by atoms with E-state index in [1.54, 1.807) is 0 Å². The van der Waals surface area contributed by atoms with Crippen molar-refractivity contribution in [2.45, 2.75) is 32.2 Å². The lowest BCUT2D eigenvalue weighted by atomic mass is 10.1. The van der Waals surface area contributed by atoms with Crippen LogP contribution in [-0.4, -0.2) is 17.6 Å². The number of nitrogens with one attached hydrogen (secondary N) is 1. The van der Waals surface area contributed by atoms with Crippen molar-refractivity contribution >= 4 is 15.9 Å². The average molecular weight is 321 g/mol. The first-order valence-electron chi connectivity index (χ1n) is 6.67. The van der Waals surface area contributed by atoms with E-state index in [9.17, 15) is 0 Å². The molecule has 4 heteroatoms. The summed E-state index contributed by atoms with van der Waals surface area (Å²) >= 11 is 3.61. The van der Waals surface area contributed by atoms with E-state index in [1.165, 1.54) is 18.4 Å². The highest BCUT2D eigenvalue weighted by atomic mass is 79.9. The van der Waals surface area contributed by atoms with E-state index in [0.717, 1.165) is 40.7 Å². The third-order valence-corrected chi connectivity index (χ3v) is 4.41. The lowest BCUT2D eigenvalue weighted by Crippen LogP contribution is -2.19. The van der Waals surface area contributed by atoms with E-state index in [2.05, 4.69) is 39.2 Å². The van der Waals surface area contributed by atoms with Crippen LogP contribution in [0.1, 0.15) is 24.3 Å². The molecule has 1 fully saturated rings. The molecule has 1 aliphatic carbocycles. The fourth-order valence-electron chi connectivity index (χ4n) is 2.06. The SMILES string of the molecule is Cc1cccc(-c2cnc(CCNC3CC3)o2)c1Br. The average Bonchev–Trinajstić information content (AvgIpc) is 3.10. The third kappa shape index (κ3) is 3.07. The lowest BCUT2D eigenvalue weighted by Gasteiger charge is -2.03. The van der Waals surface area contributed by atoms with Gasteiger partial charge in [0.25, 0.3) is 0 Å². The molecular formula is C15H17BrN2O. The molecule has 0 amide bonds. The van der Waals surface area contributed by atoms with Crippen molar-refractivity contribution < 1.29 is 4.42 Å². The van der Waals surface area contributed by atoms with Gasteiger partial charge in [-0.3, -0.25) is 0 Å². The van der Waals surface area contributed by atoms with Crippen LogP contribution < -0.4 is 5.32 Å². The van der Waals surface area contributed by atoms with E-state index in [1.807, 2.05) is 18.3 Å². The molecule has 0 spiro atoms. The minimum absolute atomic E-state index is 0.736. The van der Waals surface area contributed by atoms with Gasteiger partial charge in [-0.2, -0.15) is 0 Å². The number of aromatic nitrogens is 1. The van der Waals surface area contributed by atoms with Crippen LogP contribution in [0.2, 0.25) is 0 Å². The number of nitrogens with zero attached hydrogens (tertiary/aromatic N) is 1. The normalized spacial score (nSPS) is 14.8. The molecule has 19 heavy (non-hydrogen) atoms. The van der Waals surface area contributed by atoms with Gasteiger partial charge in [-0.05, 0) is 41.3 Å². The summed E-state index contributed by atoms with van der Waals surface area (Å²) in [5, 5.41) is 3.47. The molecule has 0 radical (unpaired) electrons. The molecule has 1 aromatic heterocycles. The highest BCUT2D eigenvalue weighted by molar-refractivity contribution is 9.10. The van der Waals surface area contributed by atoms with E-state index in [4.69, 9.17) is 4.42 Å². The topological polar surface area (TPSA) is 38.1 Å². The van der Waals surface area contributed by atoms with Crippen LogP contribution in [0.4, 0.5) is 0 Å². The maximum absolute atomic E-state index is 5.83. The Morgan fingerprint density at radius 1 is 1.42 bits per heavy atom. The number of hydrogen-bond donors (Lipinski definition) is 1. The zero-order chi connectivity index (χ0) is 13.2. The van der Waals surface area contributed by atoms with Crippen LogP contribution in [0, 0.1) is 6.92 Å². The van der Waals surface area contributed by atoms with Crippen molar-refractivity contribution in [1.29, 1.82) is 0 Å². The Bertz CT molecular complexity index is 575. The fraction of sp³-hybridized carbons (Fsp3) is 0.400. The number of aryl methyl sites for hydroxylation is 1. The second-order valence-corrected chi connectivity index (χ2v) is 5.83. The van der Waals surface area contributed by atoms with E-state index < -0.39 is 0 Å². The molecule has 100 valence electrons. The molecule has 1 heterocycles. The predicted molar refractivity (Wildman–Crippen MR) is 79.1 cm³/mol. The van der Waals surface area contributed by atoms with Gasteiger partial charge in [-0.15, -0.1) is 0 Å². The van der Waals surface area contributed by atoms with Crippen molar-refractivity contribution in [3.63, 3.8) is 0 Å². The Morgan fingerprint density at radius 2 is 2.26 bits per heavy atom. The minimum Gasteiger partial charge on any atom is -0.441 e. The zero-order valence-electron chi connectivity index (χ0n) is 10.9. The predicted octanol–water partition coefficient (Wildman–Crippen LogP) is 3.71. The molecule has 1 N–H and O–H groups in total. The minimum atomic E-state index is 0.736. The van der Waals surface area contributed by atoms with Crippen LogP contribution >= 0.6 is 15.9 Å². The summed E-state index contributed by atoms with van der Waals surface area (Å²) in [5.74, 6) is 1.63. The molecule has 1 saturated carbocycles. The fourth-order valence-corrected chi connectivity index (χ4v) is 2.52. The van der Waals surface area contributed by atoms with E-state index in [0.29, 0.717) is 0 Å². The number of benzene rings is 1. The quantitative estimate of drug-likeness (QED) is 0.912. The van der Waals surface area contributed by atoms with Gasteiger partial charge in [0.2, 0.25) is 0 Å². The molecule has 1 aliphatic rings. The van der Waals surface area contributed by atoms with Crippen molar-refractivity contribution in [3.8, 4) is 11.3 Å². The van der Waals surface area contributed by atoms with Crippen LogP contribution in [0.15, 0.2) is 33.3 Å². The van der Waals surface area contributed by atoms with Gasteiger partial charge < -0.3 is 9.73 Å². The third-order valence-electron chi connectivity index (χ3n) is 3.36. The number of oxazole rings is 1. The molecule has 2 aromatic rings. The largest absolute Gasteiger partial charge is 0.441 e. The molecular weight excluding hydrogens is 304 g/mol. The summed E-state index contributed by atoms with van der Waals surface area (Å²) in [6.07, 6.45) is 5.28. The van der Waals surface area contributed by atoms with Gasteiger partial charge in [0.1, 0.15) is 0 Å². The van der Waals surface area contributed by atoms with Gasteiger partial charge >= 0.3 is 0 Å². The maximum atomic E-state index is 5.83. The standard InChI is InChI=1S/C15H17BrN2O/c1-10-3-2-4-12(15(10)16)13-9-18-14(19-13)7-8-17-11-5-6-11/h2-4,9,11,17H,5-8H2,1H3. The van der Waals surface area contributed by atoms with Gasteiger partial charge in [-0.1, -0.05) is 18.2 Å². The number of halogens is 1. The molecule has 3 rings (SSSR count). The van der Waals surface area contributed by atoms with Crippen molar-refractivity contribution in [2.75, 3.05) is 6.54 Å². The Labute approximate surface area is 121 Å². The Kier molecular flexibility index (Phi) is 3.71. The Hall–Kier alpha value is -1.13. The lowest BCUT2D eigenvalue weighted by molar-refractivity contribution is 0.494. The molecule has 0 saturated heterocycles. The Morgan fingerprint density at radius 3 is 3.05 bits per heavy atom. The van der Waals surface area contributed by atoms with Gasteiger partial charge in [0, 0.05) is 29.0 Å². The monoisotopic (exact) mass is 320 g/mol. The van der Waals surface area contributed by atoms with Gasteiger partial charge in [-0.25, -0.2) is 4.98 Å². The van der Waals surface area contributed by atoms with Crippen LogP contribution in [0.3, 0.4) is 0 Å². The molecule has 3 nitrogen and oxygen atoms in total. The maximum Gasteiger partial charge on any atom is 0.196 e. The zero-order valence-corrected chi connectivity index (χ0v) is 12.5. The molecule has 0 atom stereocenters. The van der Waals surface area contributed by atoms with E-state index in [-0.39, 0.29) is 0 Å². The van der Waals surface area contributed by atoms with Crippen LogP contribution in [0.5, 0.6) is 0 Å². The highest BCUT2D eigenvalue weighted by Crippen LogP contribution is 2.31. The summed E-state index contributed by atoms with van der Waals surface area (Å²) in [4.78, 5) is 4.35.